The quantitative estimate of drug-likeness (QED) is 0.414. The van der Waals surface area contributed by atoms with Crippen molar-refractivity contribution in [3.63, 3.8) is 0 Å². The zero-order valence-electron chi connectivity index (χ0n) is 17.0. The Morgan fingerprint density at radius 3 is 2.53 bits per heavy atom. The number of nitrogens with one attached hydrogen (secondary N) is 2. The summed E-state index contributed by atoms with van der Waals surface area (Å²) >= 11 is 0. The van der Waals surface area contributed by atoms with Crippen molar-refractivity contribution in [3.8, 4) is 11.4 Å². The molecular weight excluding hydrogens is 429 g/mol. The van der Waals surface area contributed by atoms with Crippen molar-refractivity contribution in [1.82, 2.24) is 9.97 Å². The van der Waals surface area contributed by atoms with E-state index in [9.17, 15) is 17.6 Å². The van der Waals surface area contributed by atoms with E-state index in [1.54, 1.807) is 24.3 Å². The predicted molar refractivity (Wildman–Crippen MR) is 121 cm³/mol. The first-order chi connectivity index (χ1) is 15.4. The Morgan fingerprint density at radius 1 is 1.06 bits per heavy atom. The molecule has 0 radical (unpaired) electrons. The molecule has 0 spiro atoms. The molecule has 0 atom stereocenters. The van der Waals surface area contributed by atoms with Gasteiger partial charge in [-0.1, -0.05) is 12.1 Å². The minimum atomic E-state index is -3.55. The van der Waals surface area contributed by atoms with Crippen LogP contribution in [-0.4, -0.2) is 30.0 Å². The lowest BCUT2D eigenvalue weighted by Crippen LogP contribution is -2.16. The summed E-state index contributed by atoms with van der Waals surface area (Å²) in [6.07, 6.45) is 1.77. The zero-order chi connectivity index (χ0) is 22.3. The summed E-state index contributed by atoms with van der Waals surface area (Å²) in [4.78, 5) is 20.4. The lowest BCUT2D eigenvalue weighted by molar-refractivity contribution is 0.102. The topological polar surface area (TPSA) is 91.9 Å². The molecule has 0 saturated heterocycles. The highest BCUT2D eigenvalue weighted by molar-refractivity contribution is 7.91. The molecule has 3 aromatic carbocycles. The number of amides is 1. The van der Waals surface area contributed by atoms with Gasteiger partial charge in [-0.15, -0.1) is 0 Å². The molecule has 162 valence electrons. The molecular formula is C24H20FN3O3S. The van der Waals surface area contributed by atoms with Crippen molar-refractivity contribution < 1.29 is 17.6 Å². The van der Waals surface area contributed by atoms with E-state index in [1.807, 2.05) is 24.3 Å². The van der Waals surface area contributed by atoms with E-state index < -0.39 is 21.6 Å². The Hall–Kier alpha value is -3.52. The Kier molecular flexibility index (Phi) is 5.01. The normalized spacial score (nSPS) is 13.9. The van der Waals surface area contributed by atoms with Crippen LogP contribution in [-0.2, 0) is 9.84 Å². The number of aromatic amines is 1. The van der Waals surface area contributed by atoms with Crippen LogP contribution < -0.4 is 5.32 Å². The molecule has 1 heterocycles. The lowest BCUT2D eigenvalue weighted by Gasteiger charge is -2.09. The van der Waals surface area contributed by atoms with Crippen LogP contribution >= 0.6 is 0 Å². The maximum absolute atomic E-state index is 14.3. The first kappa shape index (κ1) is 20.4. The Morgan fingerprint density at radius 2 is 1.81 bits per heavy atom. The summed E-state index contributed by atoms with van der Waals surface area (Å²) in [6, 6.07) is 18.0. The number of rotatable bonds is 6. The standard InChI is InChI=1S/C24H20FN3O3S/c25-20-12-11-18(32(30,31)14-15-5-6-15)13-19(20)24(29)26-17-9-7-16(8-10-17)23-27-21-3-1-2-4-22(21)28-23/h1-4,7-13,15H,5-6,14H2,(H,26,29)(H,27,28). The number of para-hydroxylation sites is 2. The second kappa shape index (κ2) is 7.87. The van der Waals surface area contributed by atoms with Crippen molar-refractivity contribution in [2.45, 2.75) is 17.7 Å². The highest BCUT2D eigenvalue weighted by Crippen LogP contribution is 2.32. The van der Waals surface area contributed by atoms with E-state index >= 15 is 0 Å². The highest BCUT2D eigenvalue weighted by atomic mass is 32.2. The van der Waals surface area contributed by atoms with Crippen molar-refractivity contribution in [1.29, 1.82) is 0 Å². The first-order valence-electron chi connectivity index (χ1n) is 10.3. The number of imidazole rings is 1. The fourth-order valence-corrected chi connectivity index (χ4v) is 5.28. The largest absolute Gasteiger partial charge is 0.338 e. The predicted octanol–water partition coefficient (Wildman–Crippen LogP) is 4.81. The van der Waals surface area contributed by atoms with Gasteiger partial charge >= 0.3 is 0 Å². The third kappa shape index (κ3) is 4.13. The van der Waals surface area contributed by atoms with Crippen LogP contribution in [0.4, 0.5) is 10.1 Å². The van der Waals surface area contributed by atoms with Crippen LogP contribution in [0, 0.1) is 11.7 Å². The molecule has 32 heavy (non-hydrogen) atoms. The number of sulfone groups is 1. The molecule has 1 aliphatic rings. The van der Waals surface area contributed by atoms with Crippen LogP contribution in [0.5, 0.6) is 0 Å². The summed E-state index contributed by atoms with van der Waals surface area (Å²) in [7, 11) is -3.55. The van der Waals surface area contributed by atoms with Gasteiger partial charge in [0.1, 0.15) is 11.6 Å². The molecule has 0 aliphatic heterocycles. The molecule has 1 aromatic heterocycles. The smallest absolute Gasteiger partial charge is 0.258 e. The Labute approximate surface area is 184 Å². The average molecular weight is 450 g/mol. The molecule has 1 aliphatic carbocycles. The van der Waals surface area contributed by atoms with Gasteiger partial charge in [0.05, 0.1) is 27.2 Å². The minimum Gasteiger partial charge on any atom is -0.338 e. The van der Waals surface area contributed by atoms with E-state index in [0.29, 0.717) is 11.5 Å². The number of H-pyrrole nitrogens is 1. The number of nitrogens with zero attached hydrogens (tertiary/aromatic N) is 1. The third-order valence-corrected chi connectivity index (χ3v) is 7.38. The summed E-state index contributed by atoms with van der Waals surface area (Å²) in [6.45, 7) is 0. The zero-order valence-corrected chi connectivity index (χ0v) is 17.8. The van der Waals surface area contributed by atoms with Gasteiger partial charge in [0.2, 0.25) is 0 Å². The molecule has 1 fully saturated rings. The van der Waals surface area contributed by atoms with Gasteiger partial charge < -0.3 is 10.3 Å². The fraction of sp³-hybridized carbons (Fsp3) is 0.167. The van der Waals surface area contributed by atoms with Crippen molar-refractivity contribution in [3.05, 3.63) is 78.1 Å². The first-order valence-corrected chi connectivity index (χ1v) is 11.9. The van der Waals surface area contributed by atoms with Crippen LogP contribution in [0.3, 0.4) is 0 Å². The molecule has 8 heteroatoms. The number of aromatic nitrogens is 2. The second-order valence-corrected chi connectivity index (χ2v) is 10.0. The molecule has 0 unspecified atom stereocenters. The SMILES string of the molecule is O=C(Nc1ccc(-c2nc3ccccc3[nH]2)cc1)c1cc(S(=O)(=O)CC2CC2)ccc1F. The van der Waals surface area contributed by atoms with Gasteiger partial charge in [-0.25, -0.2) is 17.8 Å². The van der Waals surface area contributed by atoms with E-state index in [4.69, 9.17) is 0 Å². The highest BCUT2D eigenvalue weighted by Gasteiger charge is 2.29. The molecule has 1 saturated carbocycles. The van der Waals surface area contributed by atoms with Gasteiger partial charge in [-0.3, -0.25) is 4.79 Å². The fourth-order valence-electron chi connectivity index (χ4n) is 3.56. The van der Waals surface area contributed by atoms with Gasteiger partial charge in [-0.2, -0.15) is 0 Å². The van der Waals surface area contributed by atoms with Crippen LogP contribution in [0.1, 0.15) is 23.2 Å². The number of hydrogen-bond acceptors (Lipinski definition) is 4. The molecule has 5 rings (SSSR count). The molecule has 4 aromatic rings. The molecule has 1 amide bonds. The number of benzene rings is 3. The Balaban J connectivity index is 1.35. The number of carbonyl (C=O) groups is 1. The molecule has 0 bridgehead atoms. The van der Waals surface area contributed by atoms with Gasteiger partial charge in [0.25, 0.3) is 5.91 Å². The number of anilines is 1. The molecule has 6 nitrogen and oxygen atoms in total. The molecule has 2 N–H and O–H groups in total. The monoisotopic (exact) mass is 449 g/mol. The lowest BCUT2D eigenvalue weighted by atomic mass is 10.1. The maximum Gasteiger partial charge on any atom is 0.258 e. The number of fused-ring (bicyclic) bond motifs is 1. The van der Waals surface area contributed by atoms with E-state index in [2.05, 4.69) is 15.3 Å². The number of carbonyl (C=O) groups excluding carboxylic acids is 1. The van der Waals surface area contributed by atoms with Gasteiger partial charge in [0.15, 0.2) is 9.84 Å². The second-order valence-electron chi connectivity index (χ2n) is 8.00. The van der Waals surface area contributed by atoms with E-state index in [-0.39, 0.29) is 22.1 Å². The van der Waals surface area contributed by atoms with Gasteiger partial charge in [0, 0.05) is 11.3 Å². The van der Waals surface area contributed by atoms with Crippen LogP contribution in [0.25, 0.3) is 22.4 Å². The van der Waals surface area contributed by atoms with Crippen molar-refractivity contribution >= 4 is 32.5 Å². The van der Waals surface area contributed by atoms with E-state index in [0.717, 1.165) is 41.6 Å². The van der Waals surface area contributed by atoms with Crippen molar-refractivity contribution in [2.75, 3.05) is 11.1 Å². The average Bonchev–Trinajstić information content (AvgIpc) is 3.47. The van der Waals surface area contributed by atoms with Crippen LogP contribution in [0.2, 0.25) is 0 Å². The minimum absolute atomic E-state index is 0.0307. The Bertz CT molecular complexity index is 1390. The van der Waals surface area contributed by atoms with Gasteiger partial charge in [-0.05, 0) is 73.4 Å². The summed E-state index contributed by atoms with van der Waals surface area (Å²) in [5.41, 5.74) is 2.76. The summed E-state index contributed by atoms with van der Waals surface area (Å²) < 4.78 is 39.3. The third-order valence-electron chi connectivity index (χ3n) is 5.50. The van der Waals surface area contributed by atoms with Crippen LogP contribution in [0.15, 0.2) is 71.6 Å². The number of halogens is 1. The summed E-state index contributed by atoms with van der Waals surface area (Å²) in [5, 5.41) is 2.63. The maximum atomic E-state index is 14.3. The number of hydrogen-bond donors (Lipinski definition) is 2. The van der Waals surface area contributed by atoms with E-state index in [1.165, 1.54) is 6.07 Å². The summed E-state index contributed by atoms with van der Waals surface area (Å²) in [5.74, 6) is -0.589. The van der Waals surface area contributed by atoms with Crippen molar-refractivity contribution in [2.24, 2.45) is 5.92 Å².